The topological polar surface area (TPSA) is 0 Å². The summed E-state index contributed by atoms with van der Waals surface area (Å²) in [5.74, 6) is 13.5. The summed E-state index contributed by atoms with van der Waals surface area (Å²) in [7, 11) is 0. The van der Waals surface area contributed by atoms with Gasteiger partial charge >= 0.3 is 0 Å². The van der Waals surface area contributed by atoms with E-state index in [2.05, 4.69) is 36.3 Å². The van der Waals surface area contributed by atoms with Crippen LogP contribution in [0.4, 0.5) is 0 Å². The molecular formula is C23H22S. The van der Waals surface area contributed by atoms with Crippen molar-refractivity contribution >= 4 is 12.6 Å². The molecule has 2 aromatic carbocycles. The summed E-state index contributed by atoms with van der Waals surface area (Å²) in [4.78, 5) is 0. The van der Waals surface area contributed by atoms with Gasteiger partial charge in [0.05, 0.1) is 0 Å². The molecule has 0 N–H and O–H groups in total. The SMILES string of the molecule is [2H]C([3H])c1ccc(C#Cc2ccc(C#CC3CCC(S)CC3)cc2)cc1. The van der Waals surface area contributed by atoms with Crippen LogP contribution in [0.3, 0.4) is 0 Å². The molecule has 1 unspecified atom stereocenters. The Morgan fingerprint density at radius 3 is 1.92 bits per heavy atom. The minimum Gasteiger partial charge on any atom is -0.176 e. The molecule has 0 saturated heterocycles. The third kappa shape index (κ3) is 4.95. The minimum absolute atomic E-state index is 0.507. The van der Waals surface area contributed by atoms with E-state index in [1.54, 1.807) is 12.1 Å². The number of thiol groups is 1. The van der Waals surface area contributed by atoms with Crippen molar-refractivity contribution < 1.29 is 2.74 Å². The Balaban J connectivity index is 1.62. The lowest BCUT2D eigenvalue weighted by Crippen LogP contribution is -2.12. The van der Waals surface area contributed by atoms with Crippen LogP contribution in [0.1, 0.15) is 50.7 Å². The van der Waals surface area contributed by atoms with Crippen LogP contribution < -0.4 is 0 Å². The second kappa shape index (κ2) is 8.14. The second-order valence-electron chi connectivity index (χ2n) is 6.22. The Kier molecular flexibility index (Phi) is 4.84. The van der Waals surface area contributed by atoms with Crippen LogP contribution in [0.25, 0.3) is 0 Å². The molecule has 3 rings (SSSR count). The predicted molar refractivity (Wildman–Crippen MR) is 105 cm³/mol. The van der Waals surface area contributed by atoms with E-state index < -0.39 is 6.88 Å². The smallest absolute Gasteiger partial charge is 0.0280 e. The number of benzene rings is 2. The van der Waals surface area contributed by atoms with E-state index in [0.717, 1.165) is 29.5 Å². The zero-order chi connectivity index (χ0) is 18.4. The third-order valence-electron chi connectivity index (χ3n) is 4.26. The molecule has 0 bridgehead atoms. The summed E-state index contributed by atoms with van der Waals surface area (Å²) in [6.45, 7) is -0.946. The fourth-order valence-corrected chi connectivity index (χ4v) is 3.05. The fourth-order valence-electron chi connectivity index (χ4n) is 2.75. The average Bonchev–Trinajstić information content (AvgIpc) is 2.67. The highest BCUT2D eigenvalue weighted by molar-refractivity contribution is 7.80. The molecule has 0 heterocycles. The van der Waals surface area contributed by atoms with Crippen molar-refractivity contribution in [3.8, 4) is 23.7 Å². The highest BCUT2D eigenvalue weighted by Crippen LogP contribution is 2.26. The molecule has 1 heteroatoms. The van der Waals surface area contributed by atoms with Crippen molar-refractivity contribution in [3.63, 3.8) is 0 Å². The van der Waals surface area contributed by atoms with Crippen LogP contribution in [0.15, 0.2) is 48.5 Å². The molecule has 0 radical (unpaired) electrons. The molecule has 120 valence electrons. The Bertz CT molecular complexity index is 838. The molecule has 1 aliphatic carbocycles. The zero-order valence-corrected chi connectivity index (χ0v) is 14.5. The molecule has 0 aromatic heterocycles. The maximum Gasteiger partial charge on any atom is 0.0280 e. The van der Waals surface area contributed by atoms with Crippen LogP contribution in [0, 0.1) is 36.5 Å². The van der Waals surface area contributed by atoms with Gasteiger partial charge in [-0.2, -0.15) is 12.6 Å². The monoisotopic (exact) mass is 333 g/mol. The third-order valence-corrected chi connectivity index (χ3v) is 4.78. The van der Waals surface area contributed by atoms with Crippen LogP contribution in [-0.4, -0.2) is 5.25 Å². The largest absolute Gasteiger partial charge is 0.176 e. The van der Waals surface area contributed by atoms with Gasteiger partial charge in [-0.25, -0.2) is 0 Å². The van der Waals surface area contributed by atoms with Crippen LogP contribution in [0.2, 0.25) is 0 Å². The van der Waals surface area contributed by atoms with Crippen LogP contribution >= 0.6 is 12.6 Å². The summed E-state index contributed by atoms with van der Waals surface area (Å²) in [5.41, 5.74) is 3.55. The standard InChI is InChI=1S/C23H22S/c1-18-2-4-19(5-3-18)6-7-20-8-10-21(11-9-20)12-13-22-14-16-23(24)17-15-22/h2-5,8-11,22-24H,14-17H2,1H3/i1TD. The summed E-state index contributed by atoms with van der Waals surface area (Å²) in [6.07, 6.45) is 4.65. The average molecular weight is 334 g/mol. The molecule has 2 aromatic rings. The van der Waals surface area contributed by atoms with Crippen molar-refractivity contribution in [1.29, 1.82) is 0 Å². The van der Waals surface area contributed by atoms with Gasteiger partial charge in [0.1, 0.15) is 0 Å². The first-order valence-corrected chi connectivity index (χ1v) is 8.88. The van der Waals surface area contributed by atoms with Gasteiger partial charge < -0.3 is 0 Å². The predicted octanol–water partition coefficient (Wildman–Crippen LogP) is 5.23. The van der Waals surface area contributed by atoms with E-state index in [0.29, 0.717) is 16.7 Å². The fraction of sp³-hybridized carbons (Fsp3) is 0.304. The molecule has 1 saturated carbocycles. The minimum atomic E-state index is -0.946. The molecule has 0 spiro atoms. The maximum absolute atomic E-state index is 7.37. The first-order chi connectivity index (χ1) is 12.6. The highest BCUT2D eigenvalue weighted by atomic mass is 32.1. The summed E-state index contributed by atoms with van der Waals surface area (Å²) < 4.78 is 14.7. The second-order valence-corrected chi connectivity index (χ2v) is 6.95. The maximum atomic E-state index is 7.37. The molecule has 0 nitrogen and oxygen atoms in total. The highest BCUT2D eigenvalue weighted by Gasteiger charge is 2.16. The van der Waals surface area contributed by atoms with Crippen molar-refractivity contribution in [3.05, 3.63) is 70.8 Å². The van der Waals surface area contributed by atoms with Crippen LogP contribution in [0.5, 0.6) is 0 Å². The Labute approximate surface area is 153 Å². The Hall–Kier alpha value is -2.09. The number of hydrogen-bond acceptors (Lipinski definition) is 1. The molecule has 24 heavy (non-hydrogen) atoms. The van der Waals surface area contributed by atoms with E-state index in [4.69, 9.17) is 2.74 Å². The quantitative estimate of drug-likeness (QED) is 0.495. The Morgan fingerprint density at radius 2 is 1.38 bits per heavy atom. The van der Waals surface area contributed by atoms with E-state index in [9.17, 15) is 0 Å². The molecule has 1 fully saturated rings. The molecular weight excluding hydrogens is 308 g/mol. The van der Waals surface area contributed by atoms with Gasteiger partial charge in [-0.15, -0.1) is 0 Å². The molecule has 0 aliphatic heterocycles. The van der Waals surface area contributed by atoms with Crippen molar-refractivity contribution in [2.45, 2.75) is 37.8 Å². The molecule has 1 atom stereocenters. The normalized spacial score (nSPS) is 22.0. The van der Waals surface area contributed by atoms with E-state index in [1.165, 1.54) is 12.8 Å². The van der Waals surface area contributed by atoms with Gasteiger partial charge in [0.15, 0.2) is 0 Å². The summed E-state index contributed by atoms with van der Waals surface area (Å²) >= 11 is 4.53. The Morgan fingerprint density at radius 1 is 0.875 bits per heavy atom. The lowest BCUT2D eigenvalue weighted by Gasteiger charge is -2.21. The zero-order valence-electron chi connectivity index (χ0n) is 15.6. The van der Waals surface area contributed by atoms with Crippen LogP contribution in [-0.2, 0) is 0 Å². The first kappa shape index (κ1) is 14.3. The van der Waals surface area contributed by atoms with Gasteiger partial charge in [0, 0.05) is 30.6 Å². The van der Waals surface area contributed by atoms with Gasteiger partial charge in [-0.05, 0) is 69.0 Å². The number of hydrogen-bond donors (Lipinski definition) is 1. The van der Waals surface area contributed by atoms with Gasteiger partial charge in [-0.3, -0.25) is 0 Å². The van der Waals surface area contributed by atoms with E-state index >= 15 is 0 Å². The number of rotatable bonds is 0. The lowest BCUT2D eigenvalue weighted by atomic mass is 9.89. The van der Waals surface area contributed by atoms with E-state index in [1.807, 2.05) is 36.4 Å². The number of aryl methyl sites for hydroxylation is 1. The molecule has 0 amide bonds. The lowest BCUT2D eigenvalue weighted by molar-refractivity contribution is 0.441. The van der Waals surface area contributed by atoms with Crippen molar-refractivity contribution in [2.24, 2.45) is 5.92 Å². The van der Waals surface area contributed by atoms with Gasteiger partial charge in [-0.1, -0.05) is 41.4 Å². The van der Waals surface area contributed by atoms with E-state index in [-0.39, 0.29) is 0 Å². The summed E-state index contributed by atoms with van der Waals surface area (Å²) in [5, 5.41) is 0.558. The van der Waals surface area contributed by atoms with Crippen molar-refractivity contribution in [2.75, 3.05) is 0 Å². The molecule has 1 aliphatic rings. The van der Waals surface area contributed by atoms with Gasteiger partial charge in [0.25, 0.3) is 0 Å². The van der Waals surface area contributed by atoms with Crippen molar-refractivity contribution in [1.82, 2.24) is 0 Å². The first-order valence-electron chi connectivity index (χ1n) is 9.52. The summed E-state index contributed by atoms with van der Waals surface area (Å²) in [6, 6.07) is 15.3. The van der Waals surface area contributed by atoms with Gasteiger partial charge in [0.2, 0.25) is 0 Å².